The standard InChI is InChI=1S/C11H16BrNOS/c1-9-13-10(7-15-9)6-11(8-12)4-2-3-5-14-11/h7H,2-6,8H2,1H3. The quantitative estimate of drug-likeness (QED) is 0.797. The molecule has 0 amide bonds. The van der Waals surface area contributed by atoms with Crippen LogP contribution in [0.15, 0.2) is 5.38 Å². The largest absolute Gasteiger partial charge is 0.374 e. The summed E-state index contributed by atoms with van der Waals surface area (Å²) in [6.07, 6.45) is 4.57. The maximum Gasteiger partial charge on any atom is 0.0897 e. The topological polar surface area (TPSA) is 22.1 Å². The van der Waals surface area contributed by atoms with Crippen molar-refractivity contribution in [2.45, 2.75) is 38.2 Å². The Labute approximate surface area is 103 Å². The molecule has 0 aromatic carbocycles. The molecule has 0 aliphatic carbocycles. The fraction of sp³-hybridized carbons (Fsp3) is 0.727. The molecular weight excluding hydrogens is 274 g/mol. The van der Waals surface area contributed by atoms with Crippen LogP contribution in [0.25, 0.3) is 0 Å². The molecule has 0 spiro atoms. The zero-order chi connectivity index (χ0) is 10.7. The molecule has 1 unspecified atom stereocenters. The third-order valence-electron chi connectivity index (χ3n) is 2.85. The van der Waals surface area contributed by atoms with E-state index in [4.69, 9.17) is 4.74 Å². The molecule has 0 radical (unpaired) electrons. The van der Waals surface area contributed by atoms with Crippen LogP contribution in [-0.4, -0.2) is 22.5 Å². The molecule has 1 saturated heterocycles. The molecule has 1 fully saturated rings. The number of hydrogen-bond acceptors (Lipinski definition) is 3. The van der Waals surface area contributed by atoms with E-state index in [9.17, 15) is 0 Å². The van der Waals surface area contributed by atoms with E-state index in [1.807, 2.05) is 0 Å². The minimum Gasteiger partial charge on any atom is -0.374 e. The number of rotatable bonds is 3. The molecule has 0 N–H and O–H groups in total. The average Bonchev–Trinajstić information content (AvgIpc) is 2.65. The Morgan fingerprint density at radius 2 is 2.47 bits per heavy atom. The van der Waals surface area contributed by atoms with E-state index in [-0.39, 0.29) is 5.60 Å². The molecule has 2 heterocycles. The number of ether oxygens (including phenoxy) is 1. The van der Waals surface area contributed by atoms with Gasteiger partial charge in [0.15, 0.2) is 0 Å². The molecule has 0 bridgehead atoms. The minimum absolute atomic E-state index is 0.00123. The zero-order valence-corrected chi connectivity index (χ0v) is 11.4. The van der Waals surface area contributed by atoms with Gasteiger partial charge < -0.3 is 4.74 Å². The van der Waals surface area contributed by atoms with Crippen LogP contribution in [0.2, 0.25) is 0 Å². The van der Waals surface area contributed by atoms with E-state index in [0.717, 1.165) is 29.8 Å². The van der Waals surface area contributed by atoms with E-state index in [1.165, 1.54) is 18.5 Å². The predicted molar refractivity (Wildman–Crippen MR) is 66.9 cm³/mol. The molecule has 1 aliphatic rings. The van der Waals surface area contributed by atoms with E-state index < -0.39 is 0 Å². The van der Waals surface area contributed by atoms with Gasteiger partial charge in [-0.3, -0.25) is 0 Å². The molecule has 1 aromatic heterocycles. The highest BCUT2D eigenvalue weighted by Gasteiger charge is 2.33. The summed E-state index contributed by atoms with van der Waals surface area (Å²) in [5, 5.41) is 4.21. The van der Waals surface area contributed by atoms with E-state index in [0.29, 0.717) is 0 Å². The van der Waals surface area contributed by atoms with Crippen LogP contribution in [-0.2, 0) is 11.2 Å². The van der Waals surface area contributed by atoms with E-state index in [2.05, 4.69) is 33.2 Å². The molecule has 2 rings (SSSR count). The van der Waals surface area contributed by atoms with Crippen molar-refractivity contribution in [3.05, 3.63) is 16.1 Å². The summed E-state index contributed by atoms with van der Waals surface area (Å²) in [6, 6.07) is 0. The normalized spacial score (nSPS) is 26.8. The van der Waals surface area contributed by atoms with Crippen LogP contribution in [0.5, 0.6) is 0 Å². The minimum atomic E-state index is -0.00123. The predicted octanol–water partition coefficient (Wildman–Crippen LogP) is 3.33. The van der Waals surface area contributed by atoms with Crippen LogP contribution >= 0.6 is 27.3 Å². The number of nitrogens with zero attached hydrogens (tertiary/aromatic N) is 1. The van der Waals surface area contributed by atoms with Crippen LogP contribution < -0.4 is 0 Å². The van der Waals surface area contributed by atoms with Crippen molar-refractivity contribution >= 4 is 27.3 Å². The van der Waals surface area contributed by atoms with Gasteiger partial charge in [0.25, 0.3) is 0 Å². The van der Waals surface area contributed by atoms with Crippen molar-refractivity contribution in [1.82, 2.24) is 4.98 Å². The second-order valence-corrected chi connectivity index (χ2v) is 5.78. The number of halogens is 1. The molecule has 2 nitrogen and oxygen atoms in total. The van der Waals surface area contributed by atoms with Gasteiger partial charge >= 0.3 is 0 Å². The van der Waals surface area contributed by atoms with Gasteiger partial charge in [0.2, 0.25) is 0 Å². The lowest BCUT2D eigenvalue weighted by molar-refractivity contribution is -0.0602. The first-order valence-electron chi connectivity index (χ1n) is 5.35. The molecule has 1 atom stereocenters. The smallest absolute Gasteiger partial charge is 0.0897 e. The van der Waals surface area contributed by atoms with Crippen molar-refractivity contribution in [1.29, 1.82) is 0 Å². The lowest BCUT2D eigenvalue weighted by Gasteiger charge is -2.35. The second-order valence-electron chi connectivity index (χ2n) is 4.16. The highest BCUT2D eigenvalue weighted by Crippen LogP contribution is 2.30. The Morgan fingerprint density at radius 3 is 3.00 bits per heavy atom. The first-order chi connectivity index (χ1) is 7.24. The Morgan fingerprint density at radius 1 is 1.60 bits per heavy atom. The maximum atomic E-state index is 5.95. The number of alkyl halides is 1. The fourth-order valence-corrected chi connectivity index (χ4v) is 3.27. The SMILES string of the molecule is Cc1nc(CC2(CBr)CCCCO2)cs1. The molecule has 15 heavy (non-hydrogen) atoms. The Balaban J connectivity index is 2.06. The van der Waals surface area contributed by atoms with Crippen LogP contribution in [0, 0.1) is 6.92 Å². The highest BCUT2D eigenvalue weighted by atomic mass is 79.9. The Bertz CT molecular complexity index is 320. The van der Waals surface area contributed by atoms with Gasteiger partial charge in [-0.2, -0.15) is 0 Å². The van der Waals surface area contributed by atoms with E-state index in [1.54, 1.807) is 11.3 Å². The van der Waals surface area contributed by atoms with Crippen LogP contribution in [0.3, 0.4) is 0 Å². The summed E-state index contributed by atoms with van der Waals surface area (Å²) in [5.41, 5.74) is 1.18. The Kier molecular flexibility index (Phi) is 3.80. The summed E-state index contributed by atoms with van der Waals surface area (Å²) in [4.78, 5) is 4.52. The van der Waals surface area contributed by atoms with Crippen molar-refractivity contribution in [3.63, 3.8) is 0 Å². The summed E-state index contributed by atoms with van der Waals surface area (Å²) < 4.78 is 5.95. The van der Waals surface area contributed by atoms with Gasteiger partial charge in [-0.05, 0) is 26.2 Å². The number of aromatic nitrogens is 1. The van der Waals surface area contributed by atoms with Crippen molar-refractivity contribution in [3.8, 4) is 0 Å². The monoisotopic (exact) mass is 289 g/mol. The van der Waals surface area contributed by atoms with E-state index >= 15 is 0 Å². The second kappa shape index (κ2) is 4.93. The number of thiazole rings is 1. The summed E-state index contributed by atoms with van der Waals surface area (Å²) in [6.45, 7) is 2.95. The van der Waals surface area contributed by atoms with Crippen molar-refractivity contribution in [2.75, 3.05) is 11.9 Å². The van der Waals surface area contributed by atoms with Crippen LogP contribution in [0.4, 0.5) is 0 Å². The van der Waals surface area contributed by atoms with Gasteiger partial charge in [-0.1, -0.05) is 15.9 Å². The van der Waals surface area contributed by atoms with Crippen LogP contribution in [0.1, 0.15) is 30.0 Å². The number of hydrogen-bond donors (Lipinski definition) is 0. The lowest BCUT2D eigenvalue weighted by atomic mass is 9.91. The number of aryl methyl sites for hydroxylation is 1. The maximum absolute atomic E-state index is 5.95. The molecule has 84 valence electrons. The van der Waals surface area contributed by atoms with Crippen molar-refractivity contribution in [2.24, 2.45) is 0 Å². The third-order valence-corrected chi connectivity index (χ3v) is 4.69. The molecule has 1 aromatic rings. The summed E-state index contributed by atoms with van der Waals surface area (Å²) >= 11 is 5.30. The van der Waals surface area contributed by atoms with Gasteiger partial charge in [0, 0.05) is 23.7 Å². The molecule has 1 aliphatic heterocycles. The molecular formula is C11H16BrNOS. The fourth-order valence-electron chi connectivity index (χ4n) is 2.02. The first-order valence-corrected chi connectivity index (χ1v) is 7.35. The molecule has 4 heteroatoms. The molecule has 0 saturated carbocycles. The van der Waals surface area contributed by atoms with Gasteiger partial charge in [0.1, 0.15) is 0 Å². The zero-order valence-electron chi connectivity index (χ0n) is 8.96. The van der Waals surface area contributed by atoms with Gasteiger partial charge in [-0.15, -0.1) is 11.3 Å². The third kappa shape index (κ3) is 2.80. The summed E-state index contributed by atoms with van der Waals surface area (Å²) in [7, 11) is 0. The first kappa shape index (κ1) is 11.6. The van der Waals surface area contributed by atoms with Crippen molar-refractivity contribution < 1.29 is 4.74 Å². The lowest BCUT2D eigenvalue weighted by Crippen LogP contribution is -2.40. The summed E-state index contributed by atoms with van der Waals surface area (Å²) in [5.74, 6) is 0. The Hall–Kier alpha value is 0.0700. The average molecular weight is 290 g/mol. The highest BCUT2D eigenvalue weighted by molar-refractivity contribution is 9.09. The van der Waals surface area contributed by atoms with Gasteiger partial charge in [0.05, 0.1) is 16.3 Å². The van der Waals surface area contributed by atoms with Gasteiger partial charge in [-0.25, -0.2) is 4.98 Å².